The molecule has 0 aliphatic heterocycles. The van der Waals surface area contributed by atoms with E-state index < -0.39 is 5.82 Å². The van der Waals surface area contributed by atoms with E-state index in [-0.39, 0.29) is 5.56 Å². The van der Waals surface area contributed by atoms with Crippen molar-refractivity contribution in [2.24, 2.45) is 0 Å². The zero-order valence-electron chi connectivity index (χ0n) is 6.96. The Balaban J connectivity index is 2.88. The van der Waals surface area contributed by atoms with Crippen LogP contribution in [0.5, 0.6) is 0 Å². The number of nitriles is 1. The highest BCUT2D eigenvalue weighted by Gasteiger charge is 2.06. The fourth-order valence-corrected chi connectivity index (χ4v) is 1.43. The van der Waals surface area contributed by atoms with Gasteiger partial charge < -0.3 is 0 Å². The first-order chi connectivity index (χ1) is 6.72. The van der Waals surface area contributed by atoms with Crippen LogP contribution in [0.2, 0.25) is 5.02 Å². The molecule has 0 amide bonds. The van der Waals surface area contributed by atoms with E-state index in [1.54, 1.807) is 12.1 Å². The number of aromatic nitrogens is 1. The SMILES string of the molecule is N#Cc1cc2nccc(Cl)c2cc1F. The number of hydrogen-bond donors (Lipinski definition) is 0. The Kier molecular flexibility index (Phi) is 2.06. The van der Waals surface area contributed by atoms with Crippen LogP contribution in [0.3, 0.4) is 0 Å². The van der Waals surface area contributed by atoms with Crippen molar-refractivity contribution in [3.63, 3.8) is 0 Å². The summed E-state index contributed by atoms with van der Waals surface area (Å²) in [6, 6.07) is 5.94. The summed E-state index contributed by atoms with van der Waals surface area (Å²) in [6.07, 6.45) is 1.52. The fourth-order valence-electron chi connectivity index (χ4n) is 1.22. The Hall–Kier alpha value is -1.66. The molecule has 0 fully saturated rings. The van der Waals surface area contributed by atoms with Crippen molar-refractivity contribution in [1.82, 2.24) is 4.98 Å². The minimum atomic E-state index is -0.574. The van der Waals surface area contributed by atoms with Crippen LogP contribution in [0.1, 0.15) is 5.56 Å². The third kappa shape index (κ3) is 1.30. The molecule has 0 spiro atoms. The number of hydrogen-bond acceptors (Lipinski definition) is 2. The molecule has 0 radical (unpaired) electrons. The fraction of sp³-hybridized carbons (Fsp3) is 0. The van der Waals surface area contributed by atoms with E-state index in [0.717, 1.165) is 0 Å². The van der Waals surface area contributed by atoms with Crippen molar-refractivity contribution in [1.29, 1.82) is 5.26 Å². The maximum absolute atomic E-state index is 13.2. The van der Waals surface area contributed by atoms with Crippen LogP contribution < -0.4 is 0 Å². The largest absolute Gasteiger partial charge is 0.256 e. The van der Waals surface area contributed by atoms with Gasteiger partial charge in [0.05, 0.1) is 16.1 Å². The van der Waals surface area contributed by atoms with Crippen LogP contribution in [0.4, 0.5) is 4.39 Å². The minimum absolute atomic E-state index is 0.0210. The number of rotatable bonds is 0. The van der Waals surface area contributed by atoms with Crippen molar-refractivity contribution in [3.05, 3.63) is 40.8 Å². The molecular formula is C10H4ClFN2. The van der Waals surface area contributed by atoms with E-state index in [1.165, 1.54) is 18.3 Å². The number of fused-ring (bicyclic) bond motifs is 1. The smallest absolute Gasteiger partial charge is 0.141 e. The summed E-state index contributed by atoms with van der Waals surface area (Å²) in [5, 5.41) is 9.54. The lowest BCUT2D eigenvalue weighted by atomic mass is 10.1. The Bertz CT molecular complexity index is 546. The van der Waals surface area contributed by atoms with Gasteiger partial charge in [-0.05, 0) is 18.2 Å². The van der Waals surface area contributed by atoms with Crippen molar-refractivity contribution in [3.8, 4) is 6.07 Å². The Morgan fingerprint density at radius 3 is 2.93 bits per heavy atom. The Morgan fingerprint density at radius 2 is 2.21 bits per heavy atom. The average Bonchev–Trinajstić information content (AvgIpc) is 2.19. The predicted molar refractivity (Wildman–Crippen MR) is 51.4 cm³/mol. The zero-order valence-corrected chi connectivity index (χ0v) is 7.72. The summed E-state index contributed by atoms with van der Waals surface area (Å²) in [4.78, 5) is 3.99. The molecule has 0 aliphatic carbocycles. The number of halogens is 2. The topological polar surface area (TPSA) is 36.7 Å². The van der Waals surface area contributed by atoms with E-state index >= 15 is 0 Å². The van der Waals surface area contributed by atoms with Gasteiger partial charge in [-0.15, -0.1) is 0 Å². The van der Waals surface area contributed by atoms with Gasteiger partial charge in [-0.25, -0.2) is 4.39 Å². The van der Waals surface area contributed by atoms with Gasteiger partial charge in [-0.1, -0.05) is 11.6 Å². The molecule has 2 aromatic rings. The molecule has 0 atom stereocenters. The first kappa shape index (κ1) is 8.92. The maximum atomic E-state index is 13.2. The zero-order chi connectivity index (χ0) is 10.1. The standard InChI is InChI=1S/C10H4ClFN2/c11-8-1-2-14-10-3-6(5-13)9(12)4-7(8)10/h1-4H. The molecule has 0 aliphatic rings. The third-order valence-corrected chi connectivity index (χ3v) is 2.23. The molecule has 0 bridgehead atoms. The van der Waals surface area contributed by atoms with Gasteiger partial charge >= 0.3 is 0 Å². The highest BCUT2D eigenvalue weighted by molar-refractivity contribution is 6.35. The van der Waals surface area contributed by atoms with Gasteiger partial charge in [0.2, 0.25) is 0 Å². The molecule has 1 heterocycles. The van der Waals surface area contributed by atoms with Crippen molar-refractivity contribution < 1.29 is 4.39 Å². The normalized spacial score (nSPS) is 10.1. The number of benzene rings is 1. The monoisotopic (exact) mass is 206 g/mol. The van der Waals surface area contributed by atoms with E-state index in [2.05, 4.69) is 4.98 Å². The van der Waals surface area contributed by atoms with Gasteiger partial charge in [-0.2, -0.15) is 5.26 Å². The van der Waals surface area contributed by atoms with Crippen LogP contribution in [-0.4, -0.2) is 4.98 Å². The molecule has 2 rings (SSSR count). The molecule has 68 valence electrons. The summed E-state index contributed by atoms with van der Waals surface area (Å²) < 4.78 is 13.2. The predicted octanol–water partition coefficient (Wildman–Crippen LogP) is 2.90. The summed E-state index contributed by atoms with van der Waals surface area (Å²) in [5.74, 6) is -0.574. The van der Waals surface area contributed by atoms with E-state index in [9.17, 15) is 4.39 Å². The van der Waals surface area contributed by atoms with Crippen LogP contribution in [0, 0.1) is 17.1 Å². The molecule has 1 aromatic heterocycles. The third-order valence-electron chi connectivity index (χ3n) is 1.90. The Labute approximate surface area is 84.6 Å². The van der Waals surface area contributed by atoms with Gasteiger partial charge in [0.25, 0.3) is 0 Å². The first-order valence-electron chi connectivity index (χ1n) is 3.86. The second kappa shape index (κ2) is 3.24. The molecule has 0 saturated carbocycles. The average molecular weight is 207 g/mol. The maximum Gasteiger partial charge on any atom is 0.141 e. The van der Waals surface area contributed by atoms with Crippen LogP contribution >= 0.6 is 11.6 Å². The molecule has 0 unspecified atom stereocenters. The van der Waals surface area contributed by atoms with Crippen molar-refractivity contribution in [2.75, 3.05) is 0 Å². The molecule has 2 nitrogen and oxygen atoms in total. The second-order valence-electron chi connectivity index (χ2n) is 2.75. The van der Waals surface area contributed by atoms with Gasteiger partial charge in [-0.3, -0.25) is 4.98 Å². The van der Waals surface area contributed by atoms with Gasteiger partial charge in [0.1, 0.15) is 11.9 Å². The van der Waals surface area contributed by atoms with E-state index in [1.807, 2.05) is 0 Å². The summed E-state index contributed by atoms with van der Waals surface area (Å²) in [7, 11) is 0. The van der Waals surface area contributed by atoms with Gasteiger partial charge in [0.15, 0.2) is 0 Å². The van der Waals surface area contributed by atoms with Crippen LogP contribution in [0.15, 0.2) is 24.4 Å². The molecule has 14 heavy (non-hydrogen) atoms. The highest BCUT2D eigenvalue weighted by Crippen LogP contribution is 2.23. The number of pyridine rings is 1. The highest BCUT2D eigenvalue weighted by atomic mass is 35.5. The molecule has 0 saturated heterocycles. The van der Waals surface area contributed by atoms with Crippen molar-refractivity contribution in [2.45, 2.75) is 0 Å². The van der Waals surface area contributed by atoms with Crippen LogP contribution in [0.25, 0.3) is 10.9 Å². The summed E-state index contributed by atoms with van der Waals surface area (Å²) in [6.45, 7) is 0. The lowest BCUT2D eigenvalue weighted by molar-refractivity contribution is 0.626. The molecule has 0 N–H and O–H groups in total. The van der Waals surface area contributed by atoms with Crippen molar-refractivity contribution >= 4 is 22.5 Å². The summed E-state index contributed by atoms with van der Waals surface area (Å²) >= 11 is 5.83. The van der Waals surface area contributed by atoms with E-state index in [0.29, 0.717) is 15.9 Å². The minimum Gasteiger partial charge on any atom is -0.256 e. The lowest BCUT2D eigenvalue weighted by Gasteiger charge is -2.00. The quantitative estimate of drug-likeness (QED) is 0.665. The lowest BCUT2D eigenvalue weighted by Crippen LogP contribution is -1.87. The second-order valence-corrected chi connectivity index (χ2v) is 3.16. The molecule has 1 aromatic carbocycles. The molecular weight excluding hydrogens is 203 g/mol. The van der Waals surface area contributed by atoms with Crippen LogP contribution in [-0.2, 0) is 0 Å². The first-order valence-corrected chi connectivity index (χ1v) is 4.24. The summed E-state index contributed by atoms with van der Waals surface area (Å²) in [5.41, 5.74) is 0.503. The van der Waals surface area contributed by atoms with E-state index in [4.69, 9.17) is 16.9 Å². The molecule has 4 heteroatoms. The number of nitrogens with zero attached hydrogens (tertiary/aromatic N) is 2. The van der Waals surface area contributed by atoms with Gasteiger partial charge in [0, 0.05) is 11.6 Å². The Morgan fingerprint density at radius 1 is 1.43 bits per heavy atom.